The summed E-state index contributed by atoms with van der Waals surface area (Å²) in [6.45, 7) is 8.72. The molecule has 0 fully saturated rings. The molecule has 3 nitrogen and oxygen atoms in total. The minimum atomic E-state index is 0.271. The Balaban J connectivity index is 3.15. The maximum atomic E-state index is 8.66. The predicted octanol–water partition coefficient (Wildman–Crippen LogP) is 0.735. The smallest absolute Gasteiger partial charge is 0.0445 e. The molecule has 0 aromatic rings. The molecule has 0 aliphatic carbocycles. The van der Waals surface area contributed by atoms with Gasteiger partial charge >= 0.3 is 0 Å². The minimum absolute atomic E-state index is 0.271. The third-order valence-corrected chi connectivity index (χ3v) is 2.29. The molecule has 0 saturated carbocycles. The Bertz CT molecular complexity index is 109. The van der Waals surface area contributed by atoms with Crippen LogP contribution in [0.4, 0.5) is 0 Å². The lowest BCUT2D eigenvalue weighted by molar-refractivity contribution is 0.269. The van der Waals surface area contributed by atoms with Gasteiger partial charge in [0.05, 0.1) is 0 Å². The predicted molar refractivity (Wildman–Crippen MR) is 56.9 cm³/mol. The quantitative estimate of drug-likeness (QED) is 0.492. The SMILES string of the molecule is CCC(C)NCCNC(C)CCO. The maximum Gasteiger partial charge on any atom is 0.0445 e. The van der Waals surface area contributed by atoms with E-state index in [1.165, 1.54) is 6.42 Å². The lowest BCUT2D eigenvalue weighted by Gasteiger charge is -2.14. The van der Waals surface area contributed by atoms with E-state index in [1.807, 2.05) is 0 Å². The zero-order valence-corrected chi connectivity index (χ0v) is 9.14. The Morgan fingerprint density at radius 2 is 1.62 bits per heavy atom. The summed E-state index contributed by atoms with van der Waals surface area (Å²) in [7, 11) is 0. The normalized spacial score (nSPS) is 15.7. The van der Waals surface area contributed by atoms with E-state index >= 15 is 0 Å². The molecule has 80 valence electrons. The third-order valence-electron chi connectivity index (χ3n) is 2.29. The highest BCUT2D eigenvalue weighted by Gasteiger charge is 1.99. The van der Waals surface area contributed by atoms with Gasteiger partial charge in [-0.1, -0.05) is 6.92 Å². The van der Waals surface area contributed by atoms with Gasteiger partial charge in [-0.15, -0.1) is 0 Å². The molecule has 0 aliphatic rings. The molecule has 2 atom stereocenters. The summed E-state index contributed by atoms with van der Waals surface area (Å²) >= 11 is 0. The molecule has 0 aliphatic heterocycles. The average Bonchev–Trinajstić information content (AvgIpc) is 2.12. The van der Waals surface area contributed by atoms with Crippen LogP contribution in [0, 0.1) is 0 Å². The fraction of sp³-hybridized carbons (Fsp3) is 1.00. The van der Waals surface area contributed by atoms with Gasteiger partial charge in [0.2, 0.25) is 0 Å². The van der Waals surface area contributed by atoms with E-state index < -0.39 is 0 Å². The van der Waals surface area contributed by atoms with Gasteiger partial charge < -0.3 is 15.7 Å². The lowest BCUT2D eigenvalue weighted by Crippen LogP contribution is -2.36. The lowest BCUT2D eigenvalue weighted by atomic mass is 10.2. The van der Waals surface area contributed by atoms with Crippen LogP contribution in [0.5, 0.6) is 0 Å². The Kier molecular flexibility index (Phi) is 8.40. The van der Waals surface area contributed by atoms with Gasteiger partial charge in [0.15, 0.2) is 0 Å². The van der Waals surface area contributed by atoms with Gasteiger partial charge in [0.1, 0.15) is 0 Å². The molecule has 0 saturated heterocycles. The second-order valence-electron chi connectivity index (χ2n) is 3.63. The molecule has 3 heteroatoms. The zero-order valence-electron chi connectivity index (χ0n) is 9.14. The van der Waals surface area contributed by atoms with Crippen molar-refractivity contribution in [1.82, 2.24) is 10.6 Å². The molecule has 0 heterocycles. The van der Waals surface area contributed by atoms with Crippen molar-refractivity contribution in [3.8, 4) is 0 Å². The van der Waals surface area contributed by atoms with Crippen LogP contribution in [0.2, 0.25) is 0 Å². The maximum absolute atomic E-state index is 8.66. The second kappa shape index (κ2) is 8.48. The highest BCUT2D eigenvalue weighted by atomic mass is 16.3. The van der Waals surface area contributed by atoms with E-state index in [0.717, 1.165) is 19.5 Å². The molecule has 0 aromatic carbocycles. The van der Waals surface area contributed by atoms with E-state index in [4.69, 9.17) is 5.11 Å². The minimum Gasteiger partial charge on any atom is -0.396 e. The standard InChI is InChI=1S/C10H24N2O/c1-4-9(2)11-6-7-12-10(3)5-8-13/h9-13H,4-8H2,1-3H3. The first-order chi connectivity index (χ1) is 6.20. The van der Waals surface area contributed by atoms with Crippen molar-refractivity contribution < 1.29 is 5.11 Å². The zero-order chi connectivity index (χ0) is 10.1. The van der Waals surface area contributed by atoms with E-state index in [2.05, 4.69) is 31.4 Å². The Hall–Kier alpha value is -0.120. The van der Waals surface area contributed by atoms with E-state index in [0.29, 0.717) is 12.1 Å². The van der Waals surface area contributed by atoms with Crippen molar-refractivity contribution in [2.45, 2.75) is 45.7 Å². The summed E-state index contributed by atoms with van der Waals surface area (Å²) in [6.07, 6.45) is 2.01. The highest BCUT2D eigenvalue weighted by molar-refractivity contribution is 4.63. The first-order valence-corrected chi connectivity index (χ1v) is 5.28. The number of aliphatic hydroxyl groups excluding tert-OH is 1. The van der Waals surface area contributed by atoms with Gasteiger partial charge in [-0.25, -0.2) is 0 Å². The van der Waals surface area contributed by atoms with Crippen LogP contribution in [0.3, 0.4) is 0 Å². The largest absolute Gasteiger partial charge is 0.396 e. The monoisotopic (exact) mass is 188 g/mol. The van der Waals surface area contributed by atoms with Crippen LogP contribution < -0.4 is 10.6 Å². The molecule has 0 radical (unpaired) electrons. The van der Waals surface area contributed by atoms with Crippen molar-refractivity contribution in [3.63, 3.8) is 0 Å². The number of rotatable bonds is 8. The first kappa shape index (κ1) is 12.9. The van der Waals surface area contributed by atoms with Crippen LogP contribution >= 0.6 is 0 Å². The Morgan fingerprint density at radius 3 is 2.08 bits per heavy atom. The number of hydrogen-bond acceptors (Lipinski definition) is 3. The summed E-state index contributed by atoms with van der Waals surface area (Å²) in [4.78, 5) is 0. The summed E-state index contributed by atoms with van der Waals surface area (Å²) < 4.78 is 0. The van der Waals surface area contributed by atoms with Crippen LogP contribution in [0.15, 0.2) is 0 Å². The Morgan fingerprint density at radius 1 is 1.08 bits per heavy atom. The van der Waals surface area contributed by atoms with Crippen LogP contribution in [0.25, 0.3) is 0 Å². The molecule has 3 N–H and O–H groups in total. The molecular weight excluding hydrogens is 164 g/mol. The number of nitrogens with one attached hydrogen (secondary N) is 2. The van der Waals surface area contributed by atoms with Crippen LogP contribution in [-0.4, -0.2) is 36.9 Å². The molecule has 0 amide bonds. The van der Waals surface area contributed by atoms with Gasteiger partial charge in [-0.05, 0) is 26.7 Å². The van der Waals surface area contributed by atoms with Crippen molar-refractivity contribution in [2.75, 3.05) is 19.7 Å². The molecule has 13 heavy (non-hydrogen) atoms. The third kappa shape index (κ3) is 8.22. The highest BCUT2D eigenvalue weighted by Crippen LogP contribution is 1.88. The van der Waals surface area contributed by atoms with Crippen molar-refractivity contribution in [1.29, 1.82) is 0 Å². The molecular formula is C10H24N2O. The fourth-order valence-corrected chi connectivity index (χ4v) is 1.08. The molecule has 2 unspecified atom stereocenters. The number of hydrogen-bond donors (Lipinski definition) is 3. The van der Waals surface area contributed by atoms with Crippen LogP contribution in [0.1, 0.15) is 33.6 Å². The summed E-state index contributed by atoms with van der Waals surface area (Å²) in [6, 6.07) is 1.03. The van der Waals surface area contributed by atoms with E-state index in [9.17, 15) is 0 Å². The van der Waals surface area contributed by atoms with Crippen molar-refractivity contribution in [2.24, 2.45) is 0 Å². The average molecular weight is 188 g/mol. The summed E-state index contributed by atoms with van der Waals surface area (Å²) in [5.74, 6) is 0. The fourth-order valence-electron chi connectivity index (χ4n) is 1.08. The van der Waals surface area contributed by atoms with E-state index in [1.54, 1.807) is 0 Å². The van der Waals surface area contributed by atoms with E-state index in [-0.39, 0.29) is 6.61 Å². The first-order valence-electron chi connectivity index (χ1n) is 5.28. The summed E-state index contributed by atoms with van der Waals surface area (Å²) in [5.41, 5.74) is 0. The topological polar surface area (TPSA) is 44.3 Å². The van der Waals surface area contributed by atoms with Crippen molar-refractivity contribution >= 4 is 0 Å². The molecule has 0 spiro atoms. The van der Waals surface area contributed by atoms with Crippen LogP contribution in [-0.2, 0) is 0 Å². The molecule has 0 bridgehead atoms. The van der Waals surface area contributed by atoms with Gasteiger partial charge in [-0.2, -0.15) is 0 Å². The van der Waals surface area contributed by atoms with Gasteiger partial charge in [-0.3, -0.25) is 0 Å². The van der Waals surface area contributed by atoms with Gasteiger partial charge in [0.25, 0.3) is 0 Å². The Labute approximate surface area is 81.9 Å². The molecule has 0 aromatic heterocycles. The van der Waals surface area contributed by atoms with Crippen molar-refractivity contribution in [3.05, 3.63) is 0 Å². The second-order valence-corrected chi connectivity index (χ2v) is 3.63. The molecule has 0 rings (SSSR count). The summed E-state index contributed by atoms with van der Waals surface area (Å²) in [5, 5.41) is 15.4. The number of aliphatic hydroxyl groups is 1. The van der Waals surface area contributed by atoms with Gasteiger partial charge in [0, 0.05) is 31.8 Å².